The van der Waals surface area contributed by atoms with E-state index in [9.17, 15) is 9.59 Å². The predicted octanol–water partition coefficient (Wildman–Crippen LogP) is 3.13. The number of para-hydroxylation sites is 1. The van der Waals surface area contributed by atoms with Crippen LogP contribution in [0.1, 0.15) is 42.8 Å². The summed E-state index contributed by atoms with van der Waals surface area (Å²) in [5.74, 6) is -0.0630. The molecule has 1 amide bonds. The quantitative estimate of drug-likeness (QED) is 0.787. The molecule has 1 aliphatic rings. The van der Waals surface area contributed by atoms with Gasteiger partial charge in [0.25, 0.3) is 5.91 Å². The van der Waals surface area contributed by atoms with Crippen molar-refractivity contribution in [1.82, 2.24) is 5.16 Å². The number of rotatable bonds is 4. The molecule has 0 spiro atoms. The average Bonchev–Trinajstić information content (AvgIpc) is 2.93. The van der Waals surface area contributed by atoms with Crippen LogP contribution in [0.3, 0.4) is 0 Å². The zero-order chi connectivity index (χ0) is 18.8. The van der Waals surface area contributed by atoms with Gasteiger partial charge in [-0.15, -0.1) is 0 Å². The number of carbonyl (C=O) groups is 2. The molecule has 0 fully saturated rings. The highest BCUT2D eigenvalue weighted by molar-refractivity contribution is 5.99. The zero-order valence-corrected chi connectivity index (χ0v) is 15.6. The lowest BCUT2D eigenvalue weighted by molar-refractivity contribution is -0.153. The maximum Gasteiger partial charge on any atom is 0.311 e. The Labute approximate surface area is 153 Å². The fourth-order valence-corrected chi connectivity index (χ4v) is 3.41. The largest absolute Gasteiger partial charge is 0.452 e. The number of ether oxygens (including phenoxy) is 1. The summed E-state index contributed by atoms with van der Waals surface area (Å²) in [6.45, 7) is 7.17. The second kappa shape index (κ2) is 7.32. The minimum Gasteiger partial charge on any atom is -0.452 e. The highest BCUT2D eigenvalue weighted by atomic mass is 16.5. The topological polar surface area (TPSA) is 72.6 Å². The van der Waals surface area contributed by atoms with Crippen molar-refractivity contribution in [2.75, 3.05) is 4.90 Å². The standard InChI is InChI=1S/C20H24N2O4/c1-12-9-10-16-7-5-6-8-18(16)22(12)20(24)15(4)25-19(23)11-17-13(2)21-26-14(17)3/h5-8,12,15H,9-11H2,1-4H3/t12-,15-/m0/s1. The monoisotopic (exact) mass is 356 g/mol. The lowest BCUT2D eigenvalue weighted by Gasteiger charge is -2.36. The lowest BCUT2D eigenvalue weighted by Crippen LogP contribution is -2.47. The van der Waals surface area contributed by atoms with E-state index < -0.39 is 12.1 Å². The molecule has 2 heterocycles. The van der Waals surface area contributed by atoms with E-state index >= 15 is 0 Å². The molecule has 0 radical (unpaired) electrons. The summed E-state index contributed by atoms with van der Waals surface area (Å²) in [6.07, 6.45) is 1.03. The van der Waals surface area contributed by atoms with Crippen LogP contribution < -0.4 is 4.90 Å². The Morgan fingerprint density at radius 2 is 2.08 bits per heavy atom. The summed E-state index contributed by atoms with van der Waals surface area (Å²) in [5.41, 5.74) is 3.43. The molecule has 0 aliphatic carbocycles. The van der Waals surface area contributed by atoms with E-state index in [1.54, 1.807) is 25.7 Å². The van der Waals surface area contributed by atoms with Crippen molar-refractivity contribution in [3.8, 4) is 0 Å². The van der Waals surface area contributed by atoms with Crippen molar-refractivity contribution < 1.29 is 18.8 Å². The molecule has 0 bridgehead atoms. The van der Waals surface area contributed by atoms with Crippen molar-refractivity contribution in [1.29, 1.82) is 0 Å². The number of nitrogens with zero attached hydrogens (tertiary/aromatic N) is 2. The number of benzene rings is 1. The van der Waals surface area contributed by atoms with Gasteiger partial charge in [-0.3, -0.25) is 9.59 Å². The van der Waals surface area contributed by atoms with Crippen LogP contribution in [-0.2, 0) is 27.2 Å². The van der Waals surface area contributed by atoms with Crippen LogP contribution in [0.2, 0.25) is 0 Å². The average molecular weight is 356 g/mol. The van der Waals surface area contributed by atoms with Gasteiger partial charge in [0.05, 0.1) is 12.1 Å². The van der Waals surface area contributed by atoms with E-state index in [1.165, 1.54) is 0 Å². The summed E-state index contributed by atoms with van der Waals surface area (Å²) in [6, 6.07) is 7.95. The third-order valence-electron chi connectivity index (χ3n) is 4.92. The molecule has 1 aromatic heterocycles. The molecule has 1 aliphatic heterocycles. The second-order valence-electron chi connectivity index (χ2n) is 6.84. The highest BCUT2D eigenvalue weighted by Gasteiger charge is 2.32. The maximum atomic E-state index is 13.0. The molecule has 0 saturated heterocycles. The van der Waals surface area contributed by atoms with Gasteiger partial charge in [0.2, 0.25) is 0 Å². The van der Waals surface area contributed by atoms with Crippen LogP contribution >= 0.6 is 0 Å². The molecular formula is C20H24N2O4. The summed E-state index contributed by atoms with van der Waals surface area (Å²) >= 11 is 0. The van der Waals surface area contributed by atoms with Crippen LogP contribution in [0.15, 0.2) is 28.8 Å². The first kappa shape index (κ1) is 18.2. The fraction of sp³-hybridized carbons (Fsp3) is 0.450. The normalized spacial score (nSPS) is 17.5. The van der Waals surface area contributed by atoms with Gasteiger partial charge in [0, 0.05) is 17.3 Å². The van der Waals surface area contributed by atoms with Crippen LogP contribution in [0.5, 0.6) is 0 Å². The summed E-state index contributed by atoms with van der Waals surface area (Å²) in [4.78, 5) is 27.0. The number of anilines is 1. The smallest absolute Gasteiger partial charge is 0.311 e. The summed E-state index contributed by atoms with van der Waals surface area (Å²) in [7, 11) is 0. The third kappa shape index (κ3) is 3.49. The van der Waals surface area contributed by atoms with Gasteiger partial charge in [-0.1, -0.05) is 23.4 Å². The van der Waals surface area contributed by atoms with Crippen LogP contribution in [-0.4, -0.2) is 29.2 Å². The highest BCUT2D eigenvalue weighted by Crippen LogP contribution is 2.31. The van der Waals surface area contributed by atoms with Crippen LogP contribution in [0.25, 0.3) is 0 Å². The van der Waals surface area contributed by atoms with E-state index in [2.05, 4.69) is 5.16 Å². The predicted molar refractivity (Wildman–Crippen MR) is 96.9 cm³/mol. The van der Waals surface area contributed by atoms with Crippen LogP contribution in [0.4, 0.5) is 5.69 Å². The molecule has 0 saturated carbocycles. The lowest BCUT2D eigenvalue weighted by atomic mass is 9.96. The first-order valence-corrected chi connectivity index (χ1v) is 8.90. The molecule has 6 heteroatoms. The van der Waals surface area contributed by atoms with Crippen molar-refractivity contribution in [2.45, 2.75) is 59.1 Å². The van der Waals surface area contributed by atoms with Gasteiger partial charge in [0.15, 0.2) is 6.10 Å². The molecule has 26 heavy (non-hydrogen) atoms. The number of hydrogen-bond donors (Lipinski definition) is 0. The van der Waals surface area contributed by atoms with E-state index in [1.807, 2.05) is 31.2 Å². The number of aryl methyl sites for hydroxylation is 3. The minimum atomic E-state index is -0.850. The minimum absolute atomic E-state index is 0.0466. The molecule has 0 N–H and O–H groups in total. The van der Waals surface area contributed by atoms with Gasteiger partial charge in [-0.25, -0.2) is 0 Å². The van der Waals surface area contributed by atoms with Crippen molar-refractivity contribution in [3.63, 3.8) is 0 Å². The van der Waals surface area contributed by atoms with Crippen molar-refractivity contribution in [2.24, 2.45) is 0 Å². The van der Waals surface area contributed by atoms with Gasteiger partial charge in [0.1, 0.15) is 5.76 Å². The Kier molecular flexibility index (Phi) is 5.11. The van der Waals surface area contributed by atoms with Gasteiger partial charge >= 0.3 is 5.97 Å². The fourth-order valence-electron chi connectivity index (χ4n) is 3.41. The number of aromatic nitrogens is 1. The van der Waals surface area contributed by atoms with Gasteiger partial charge in [-0.2, -0.15) is 0 Å². The molecule has 138 valence electrons. The first-order valence-electron chi connectivity index (χ1n) is 8.90. The first-order chi connectivity index (χ1) is 12.4. The molecule has 1 aromatic carbocycles. The number of carbonyl (C=O) groups excluding carboxylic acids is 2. The van der Waals surface area contributed by atoms with E-state index in [0.717, 1.165) is 24.1 Å². The Hall–Kier alpha value is -2.63. The Morgan fingerprint density at radius 1 is 1.35 bits per heavy atom. The maximum absolute atomic E-state index is 13.0. The summed E-state index contributed by atoms with van der Waals surface area (Å²) in [5, 5.41) is 3.83. The van der Waals surface area contributed by atoms with E-state index in [4.69, 9.17) is 9.26 Å². The van der Waals surface area contributed by atoms with Crippen molar-refractivity contribution >= 4 is 17.6 Å². The number of hydrogen-bond acceptors (Lipinski definition) is 5. The van der Waals surface area contributed by atoms with Gasteiger partial charge < -0.3 is 14.2 Å². The van der Waals surface area contributed by atoms with Crippen LogP contribution in [0, 0.1) is 13.8 Å². The Morgan fingerprint density at radius 3 is 2.77 bits per heavy atom. The third-order valence-corrected chi connectivity index (χ3v) is 4.92. The molecule has 0 unspecified atom stereocenters. The van der Waals surface area contributed by atoms with E-state index in [0.29, 0.717) is 17.0 Å². The molecule has 2 atom stereocenters. The Balaban J connectivity index is 1.71. The van der Waals surface area contributed by atoms with E-state index in [-0.39, 0.29) is 18.4 Å². The van der Waals surface area contributed by atoms with Crippen molar-refractivity contribution in [3.05, 3.63) is 46.8 Å². The van der Waals surface area contributed by atoms with Gasteiger partial charge in [-0.05, 0) is 52.2 Å². The number of fused-ring (bicyclic) bond motifs is 1. The number of esters is 1. The SMILES string of the molecule is Cc1noc(C)c1CC(=O)O[C@@H](C)C(=O)N1c2ccccc2CC[C@@H]1C. The second-order valence-corrected chi connectivity index (χ2v) is 6.84. The molecule has 2 aromatic rings. The Bertz CT molecular complexity index is 807. The zero-order valence-electron chi connectivity index (χ0n) is 15.6. The molecule has 3 rings (SSSR count). The number of amides is 1. The summed E-state index contributed by atoms with van der Waals surface area (Å²) < 4.78 is 10.5. The molecule has 6 nitrogen and oxygen atoms in total. The molecular weight excluding hydrogens is 332 g/mol.